The zero-order valence-corrected chi connectivity index (χ0v) is 17.5. The Balaban J connectivity index is 1.45. The SMILES string of the molecule is O=C(O)C[C@@H]1CCc2cc(Oc3ccc(/C=C/C(=O)c4ccccc4)cc3Cl)ccc21. The minimum atomic E-state index is -0.774. The Morgan fingerprint density at radius 2 is 1.87 bits per heavy atom. The van der Waals surface area contributed by atoms with Gasteiger partial charge in [0.2, 0.25) is 0 Å². The first-order valence-electron chi connectivity index (χ1n) is 10.1. The van der Waals surface area contributed by atoms with Crippen LogP contribution in [0.5, 0.6) is 11.5 Å². The van der Waals surface area contributed by atoms with Crippen LogP contribution in [0.2, 0.25) is 5.02 Å². The average molecular weight is 433 g/mol. The van der Waals surface area contributed by atoms with Gasteiger partial charge in [0, 0.05) is 5.56 Å². The number of hydrogen-bond donors (Lipinski definition) is 1. The molecule has 156 valence electrons. The molecule has 1 atom stereocenters. The number of aryl methyl sites for hydroxylation is 1. The highest BCUT2D eigenvalue weighted by Gasteiger charge is 2.25. The van der Waals surface area contributed by atoms with Gasteiger partial charge in [-0.25, -0.2) is 0 Å². The second-order valence-electron chi connectivity index (χ2n) is 7.55. The van der Waals surface area contributed by atoms with Gasteiger partial charge in [0.25, 0.3) is 0 Å². The van der Waals surface area contributed by atoms with Crippen LogP contribution in [0.4, 0.5) is 0 Å². The quantitative estimate of drug-likeness (QED) is 0.340. The second kappa shape index (κ2) is 9.19. The van der Waals surface area contributed by atoms with E-state index >= 15 is 0 Å². The van der Waals surface area contributed by atoms with Crippen LogP contribution in [0.3, 0.4) is 0 Å². The van der Waals surface area contributed by atoms with Crippen LogP contribution in [0.1, 0.15) is 45.8 Å². The number of aliphatic carboxylic acids is 1. The number of carbonyl (C=O) groups is 2. The first-order valence-corrected chi connectivity index (χ1v) is 10.5. The van der Waals surface area contributed by atoms with E-state index in [0.717, 1.165) is 29.5 Å². The van der Waals surface area contributed by atoms with Crippen molar-refractivity contribution in [1.29, 1.82) is 0 Å². The molecule has 3 aromatic rings. The highest BCUT2D eigenvalue weighted by atomic mass is 35.5. The maximum Gasteiger partial charge on any atom is 0.303 e. The molecular formula is C26H21ClO4. The number of ether oxygens (including phenoxy) is 1. The Hall–Kier alpha value is -3.37. The molecule has 3 aromatic carbocycles. The van der Waals surface area contributed by atoms with Gasteiger partial charge < -0.3 is 9.84 Å². The average Bonchev–Trinajstić information content (AvgIpc) is 3.15. The third-order valence-corrected chi connectivity index (χ3v) is 5.70. The number of hydrogen-bond acceptors (Lipinski definition) is 3. The molecule has 1 aliphatic carbocycles. The van der Waals surface area contributed by atoms with E-state index in [0.29, 0.717) is 22.1 Å². The normalized spacial score (nSPS) is 15.1. The first-order chi connectivity index (χ1) is 15.0. The molecule has 0 spiro atoms. The van der Waals surface area contributed by atoms with Gasteiger partial charge in [-0.2, -0.15) is 0 Å². The van der Waals surface area contributed by atoms with Gasteiger partial charge >= 0.3 is 5.97 Å². The summed E-state index contributed by atoms with van der Waals surface area (Å²) in [5.74, 6) is 0.406. The maximum atomic E-state index is 12.2. The summed E-state index contributed by atoms with van der Waals surface area (Å²) < 4.78 is 5.96. The van der Waals surface area contributed by atoms with Gasteiger partial charge in [-0.3, -0.25) is 9.59 Å². The summed E-state index contributed by atoms with van der Waals surface area (Å²) in [5, 5.41) is 9.51. The van der Waals surface area contributed by atoms with Gasteiger partial charge in [0.05, 0.1) is 11.4 Å². The van der Waals surface area contributed by atoms with Crippen LogP contribution in [0.25, 0.3) is 6.08 Å². The topological polar surface area (TPSA) is 63.6 Å². The highest BCUT2D eigenvalue weighted by molar-refractivity contribution is 6.32. The van der Waals surface area contributed by atoms with Gasteiger partial charge in [0.1, 0.15) is 11.5 Å². The largest absolute Gasteiger partial charge is 0.481 e. The third kappa shape index (κ3) is 5.04. The summed E-state index contributed by atoms with van der Waals surface area (Å²) in [6.07, 6.45) is 5.09. The zero-order chi connectivity index (χ0) is 21.8. The third-order valence-electron chi connectivity index (χ3n) is 5.41. The van der Waals surface area contributed by atoms with Gasteiger partial charge in [0.15, 0.2) is 5.78 Å². The molecule has 31 heavy (non-hydrogen) atoms. The van der Waals surface area contributed by atoms with E-state index in [1.807, 2.05) is 42.5 Å². The fraction of sp³-hybridized carbons (Fsp3) is 0.154. The highest BCUT2D eigenvalue weighted by Crippen LogP contribution is 2.39. The van der Waals surface area contributed by atoms with E-state index in [-0.39, 0.29) is 18.1 Å². The van der Waals surface area contributed by atoms with Crippen LogP contribution in [-0.2, 0) is 11.2 Å². The lowest BCUT2D eigenvalue weighted by Crippen LogP contribution is -2.02. The molecule has 0 amide bonds. The molecule has 0 unspecified atom stereocenters. The molecule has 4 rings (SSSR count). The van der Waals surface area contributed by atoms with Gasteiger partial charge in [-0.05, 0) is 65.8 Å². The van der Waals surface area contributed by atoms with Crippen molar-refractivity contribution in [3.05, 3.63) is 100 Å². The fourth-order valence-corrected chi connectivity index (χ4v) is 4.10. The van der Waals surface area contributed by atoms with Crippen LogP contribution < -0.4 is 4.74 Å². The number of ketones is 1. The number of halogens is 1. The van der Waals surface area contributed by atoms with E-state index in [1.165, 1.54) is 6.08 Å². The Bertz CT molecular complexity index is 1150. The molecular weight excluding hydrogens is 412 g/mol. The van der Waals surface area contributed by atoms with Crippen molar-refractivity contribution in [3.63, 3.8) is 0 Å². The Kier molecular flexibility index (Phi) is 6.19. The summed E-state index contributed by atoms with van der Waals surface area (Å²) in [5.41, 5.74) is 3.64. The smallest absolute Gasteiger partial charge is 0.303 e. The van der Waals surface area contributed by atoms with E-state index in [9.17, 15) is 9.59 Å². The number of fused-ring (bicyclic) bond motifs is 1. The van der Waals surface area contributed by atoms with Crippen LogP contribution in [0, 0.1) is 0 Å². The van der Waals surface area contributed by atoms with E-state index in [1.54, 1.807) is 30.3 Å². The molecule has 0 bridgehead atoms. The predicted molar refractivity (Wildman–Crippen MR) is 121 cm³/mol. The molecule has 0 aliphatic heterocycles. The first kappa shape index (κ1) is 20.9. The predicted octanol–water partition coefficient (Wildman–Crippen LogP) is 6.53. The lowest BCUT2D eigenvalue weighted by molar-refractivity contribution is -0.137. The van der Waals surface area contributed by atoms with Crippen LogP contribution >= 0.6 is 11.6 Å². The van der Waals surface area contributed by atoms with Crippen molar-refractivity contribution in [1.82, 2.24) is 0 Å². The molecule has 0 saturated heterocycles. The number of carboxylic acid groups (broad SMARTS) is 1. The zero-order valence-electron chi connectivity index (χ0n) is 16.8. The molecule has 0 aromatic heterocycles. The molecule has 0 saturated carbocycles. The Morgan fingerprint density at radius 3 is 2.61 bits per heavy atom. The Morgan fingerprint density at radius 1 is 1.06 bits per heavy atom. The van der Waals surface area contributed by atoms with Crippen molar-refractivity contribution in [2.45, 2.75) is 25.2 Å². The van der Waals surface area contributed by atoms with E-state index < -0.39 is 5.97 Å². The maximum absolute atomic E-state index is 12.2. The van der Waals surface area contributed by atoms with Crippen molar-refractivity contribution in [3.8, 4) is 11.5 Å². The molecule has 5 heteroatoms. The standard InChI is InChI=1S/C26H21ClO4/c27-23-14-17(6-12-24(28)18-4-2-1-3-5-18)7-13-25(23)31-21-10-11-22-19(15-21)8-9-20(22)16-26(29)30/h1-7,10-15,20H,8-9,16H2,(H,29,30)/b12-6+/t20-/m0/s1. The molecule has 0 fully saturated rings. The summed E-state index contributed by atoms with van der Waals surface area (Å²) in [7, 11) is 0. The minimum absolute atomic E-state index is 0.0646. The van der Waals surface area contributed by atoms with Gasteiger partial charge in [-0.15, -0.1) is 0 Å². The van der Waals surface area contributed by atoms with Crippen molar-refractivity contribution >= 4 is 29.4 Å². The molecule has 0 radical (unpaired) electrons. The monoisotopic (exact) mass is 432 g/mol. The second-order valence-corrected chi connectivity index (χ2v) is 7.96. The summed E-state index contributed by atoms with van der Waals surface area (Å²) in [4.78, 5) is 23.2. The number of benzene rings is 3. The lowest BCUT2D eigenvalue weighted by Gasteiger charge is -2.12. The number of allylic oxidation sites excluding steroid dienone is 1. The Labute approximate surface area is 185 Å². The number of carboxylic acids is 1. The van der Waals surface area contributed by atoms with Gasteiger partial charge in [-0.1, -0.05) is 60.1 Å². The summed E-state index contributed by atoms with van der Waals surface area (Å²) >= 11 is 6.40. The van der Waals surface area contributed by atoms with Crippen molar-refractivity contribution < 1.29 is 19.4 Å². The van der Waals surface area contributed by atoms with E-state index in [2.05, 4.69) is 0 Å². The molecule has 1 aliphatic rings. The van der Waals surface area contributed by atoms with E-state index in [4.69, 9.17) is 21.4 Å². The number of rotatable bonds is 7. The summed E-state index contributed by atoms with van der Waals surface area (Å²) in [6, 6.07) is 20.2. The number of carbonyl (C=O) groups excluding carboxylic acids is 1. The summed E-state index contributed by atoms with van der Waals surface area (Å²) in [6.45, 7) is 0. The lowest BCUT2D eigenvalue weighted by atomic mass is 9.98. The molecule has 0 heterocycles. The fourth-order valence-electron chi connectivity index (χ4n) is 3.87. The van der Waals surface area contributed by atoms with Crippen molar-refractivity contribution in [2.24, 2.45) is 0 Å². The molecule has 4 nitrogen and oxygen atoms in total. The van der Waals surface area contributed by atoms with Crippen LogP contribution in [-0.4, -0.2) is 16.9 Å². The van der Waals surface area contributed by atoms with Crippen LogP contribution in [0.15, 0.2) is 72.8 Å². The minimum Gasteiger partial charge on any atom is -0.481 e. The molecule has 1 N–H and O–H groups in total. The van der Waals surface area contributed by atoms with Crippen molar-refractivity contribution in [2.75, 3.05) is 0 Å².